The van der Waals surface area contributed by atoms with E-state index < -0.39 is 54.6 Å². The van der Waals surface area contributed by atoms with E-state index in [4.69, 9.17) is 11.5 Å². The number of anilines is 1. The molecule has 4 rings (SSSR count). The van der Waals surface area contributed by atoms with Gasteiger partial charge in [0.25, 0.3) is 11.5 Å². The van der Waals surface area contributed by atoms with Crippen molar-refractivity contribution in [3.63, 3.8) is 0 Å². The molecule has 1 aromatic heterocycles. The summed E-state index contributed by atoms with van der Waals surface area (Å²) < 4.78 is 0. The first kappa shape index (κ1) is 34.2. The van der Waals surface area contributed by atoms with Gasteiger partial charge in [-0.05, 0) is 68.0 Å². The summed E-state index contributed by atoms with van der Waals surface area (Å²) in [6.07, 6.45) is 5.51. The molecule has 0 saturated carbocycles. The molecule has 3 aromatic rings. The summed E-state index contributed by atoms with van der Waals surface area (Å²) in [6, 6.07) is 7.03. The minimum Gasteiger partial charge on any atom is -0.481 e. The summed E-state index contributed by atoms with van der Waals surface area (Å²) in [4.78, 5) is 83.6. The average Bonchev–Trinajstić information content (AvgIpc) is 3.42. The fourth-order valence-electron chi connectivity index (χ4n) is 5.89. The molecule has 1 unspecified atom stereocenters. The van der Waals surface area contributed by atoms with E-state index in [1.807, 2.05) is 11.0 Å². The average molecular weight is 646 g/mol. The highest BCUT2D eigenvalue weighted by molar-refractivity contribution is 6.01. The SMILES string of the molecule is C#CCN(c1ccccc1C(=O)N[C@@H](CCC(=O)N(C)[C@@H](CCC(=O)O)C(=O)O)C(=O)O)C1CCc2cc3nc(C)[nH]c(=O)c3cc21. The number of carboxylic acid groups (broad SMARTS) is 3. The van der Waals surface area contributed by atoms with Crippen LogP contribution in [0.4, 0.5) is 5.69 Å². The van der Waals surface area contributed by atoms with Gasteiger partial charge in [-0.15, -0.1) is 6.42 Å². The van der Waals surface area contributed by atoms with Gasteiger partial charge in [-0.1, -0.05) is 18.1 Å². The number of aryl methyl sites for hydroxylation is 2. The molecular formula is C33H35N5O9. The van der Waals surface area contributed by atoms with Crippen LogP contribution < -0.4 is 15.8 Å². The van der Waals surface area contributed by atoms with Gasteiger partial charge in [0.15, 0.2) is 0 Å². The number of hydrogen-bond acceptors (Lipinski definition) is 8. The molecule has 14 heteroatoms. The van der Waals surface area contributed by atoms with Gasteiger partial charge in [0.05, 0.1) is 34.7 Å². The molecule has 0 spiro atoms. The number of nitrogens with zero attached hydrogens (tertiary/aromatic N) is 3. The summed E-state index contributed by atoms with van der Waals surface area (Å²) in [5, 5.41) is 31.1. The number of amides is 2. The smallest absolute Gasteiger partial charge is 0.326 e. The maximum Gasteiger partial charge on any atom is 0.326 e. The lowest BCUT2D eigenvalue weighted by Crippen LogP contribution is -2.45. The fraction of sp³-hybridized carbons (Fsp3) is 0.364. The summed E-state index contributed by atoms with van der Waals surface area (Å²) in [5.74, 6) is -2.33. The molecule has 1 heterocycles. The van der Waals surface area contributed by atoms with Crippen molar-refractivity contribution in [3.8, 4) is 12.3 Å². The number of H-pyrrole nitrogens is 1. The van der Waals surface area contributed by atoms with Crippen LogP contribution in [0.25, 0.3) is 10.9 Å². The molecule has 0 bridgehead atoms. The molecule has 0 saturated heterocycles. The van der Waals surface area contributed by atoms with E-state index in [0.29, 0.717) is 35.3 Å². The number of para-hydroxylation sites is 1. The maximum absolute atomic E-state index is 13.6. The Morgan fingerprint density at radius 3 is 2.47 bits per heavy atom. The number of benzene rings is 2. The minimum atomic E-state index is -1.50. The zero-order valence-electron chi connectivity index (χ0n) is 25.9. The summed E-state index contributed by atoms with van der Waals surface area (Å²) >= 11 is 0. The normalized spacial score (nSPS) is 14.8. The number of rotatable bonds is 14. The lowest BCUT2D eigenvalue weighted by atomic mass is 10.0. The zero-order chi connectivity index (χ0) is 34.4. The molecule has 3 atom stereocenters. The quantitative estimate of drug-likeness (QED) is 0.160. The number of aromatic nitrogens is 2. The molecule has 0 fully saturated rings. The van der Waals surface area contributed by atoms with E-state index in [1.165, 1.54) is 13.1 Å². The van der Waals surface area contributed by atoms with Crippen molar-refractivity contribution >= 4 is 46.3 Å². The molecular weight excluding hydrogens is 610 g/mol. The standard InChI is InChI=1S/C33H35N5O9/c1-4-15-38(26-11-9-19-16-24-22(17-21(19)26)31(43)35-18(2)34-24)25-8-6-5-7-20(25)30(42)36-23(32(44)45)10-13-28(39)37(3)27(33(46)47)12-14-29(40)41/h1,5-8,16-17,23,26-27H,9-15H2,2-3H3,(H,36,42)(H,40,41)(H,44,45)(H,46,47)(H,34,35,43)/t23-,26?,27-/m0/s1. The van der Waals surface area contributed by atoms with E-state index in [1.54, 1.807) is 31.2 Å². The van der Waals surface area contributed by atoms with Crippen molar-refractivity contribution < 1.29 is 39.3 Å². The van der Waals surface area contributed by atoms with E-state index >= 15 is 0 Å². The highest BCUT2D eigenvalue weighted by Crippen LogP contribution is 2.40. The van der Waals surface area contributed by atoms with Crippen molar-refractivity contribution in [2.24, 2.45) is 0 Å². The van der Waals surface area contributed by atoms with Crippen LogP contribution >= 0.6 is 0 Å². The largest absolute Gasteiger partial charge is 0.481 e. The van der Waals surface area contributed by atoms with Gasteiger partial charge >= 0.3 is 17.9 Å². The molecule has 246 valence electrons. The first-order chi connectivity index (χ1) is 22.3. The van der Waals surface area contributed by atoms with E-state index in [0.717, 1.165) is 16.0 Å². The molecule has 1 aliphatic rings. The Bertz CT molecular complexity index is 1830. The molecule has 0 aliphatic heterocycles. The fourth-order valence-corrected chi connectivity index (χ4v) is 5.89. The third-order valence-corrected chi connectivity index (χ3v) is 8.25. The van der Waals surface area contributed by atoms with E-state index in [-0.39, 0.29) is 36.6 Å². The molecule has 47 heavy (non-hydrogen) atoms. The second-order valence-corrected chi connectivity index (χ2v) is 11.3. The Hall–Kier alpha value is -5.71. The molecule has 14 nitrogen and oxygen atoms in total. The number of fused-ring (bicyclic) bond motifs is 2. The number of nitrogens with one attached hydrogen (secondary N) is 2. The van der Waals surface area contributed by atoms with Crippen molar-refractivity contribution in [2.75, 3.05) is 18.5 Å². The Balaban J connectivity index is 1.55. The third kappa shape index (κ3) is 7.75. The Morgan fingerprint density at radius 1 is 1.09 bits per heavy atom. The number of aliphatic carboxylic acids is 3. The number of hydrogen-bond donors (Lipinski definition) is 5. The maximum atomic E-state index is 13.6. The van der Waals surface area contributed by atoms with Crippen LogP contribution in [-0.4, -0.2) is 85.6 Å². The predicted octanol–water partition coefficient (Wildman–Crippen LogP) is 2.10. The molecule has 5 N–H and O–H groups in total. The van der Waals surface area contributed by atoms with Gasteiger partial charge in [-0.25, -0.2) is 14.6 Å². The first-order valence-corrected chi connectivity index (χ1v) is 14.9. The number of likely N-dealkylation sites (N-methyl/N-ethyl adjacent to an activating group) is 1. The monoisotopic (exact) mass is 645 g/mol. The Morgan fingerprint density at radius 2 is 1.81 bits per heavy atom. The number of terminal acetylenes is 1. The molecule has 2 amide bonds. The van der Waals surface area contributed by atoms with Crippen LogP contribution in [0.1, 0.15) is 65.5 Å². The van der Waals surface area contributed by atoms with Gasteiger partial charge in [-0.2, -0.15) is 0 Å². The number of aromatic amines is 1. The van der Waals surface area contributed by atoms with E-state index in [9.17, 15) is 39.0 Å². The Kier molecular flexibility index (Phi) is 10.6. The van der Waals surface area contributed by atoms with Crippen LogP contribution in [0.5, 0.6) is 0 Å². The second kappa shape index (κ2) is 14.6. The molecule has 0 radical (unpaired) electrons. The van der Waals surface area contributed by atoms with Gasteiger partial charge in [0.2, 0.25) is 5.91 Å². The molecule has 2 aromatic carbocycles. The topological polar surface area (TPSA) is 210 Å². The van der Waals surface area contributed by atoms with Crippen LogP contribution in [-0.2, 0) is 25.6 Å². The zero-order valence-corrected chi connectivity index (χ0v) is 25.9. The van der Waals surface area contributed by atoms with Gasteiger partial charge < -0.3 is 35.4 Å². The summed E-state index contributed by atoms with van der Waals surface area (Å²) in [6.45, 7) is 1.81. The second-order valence-electron chi connectivity index (χ2n) is 11.3. The summed E-state index contributed by atoms with van der Waals surface area (Å²) in [7, 11) is 1.20. The van der Waals surface area contributed by atoms with Crippen LogP contribution in [0, 0.1) is 19.3 Å². The van der Waals surface area contributed by atoms with Crippen LogP contribution in [0.2, 0.25) is 0 Å². The molecule has 1 aliphatic carbocycles. The number of carbonyl (C=O) groups is 5. The van der Waals surface area contributed by atoms with Gasteiger partial charge in [0, 0.05) is 19.9 Å². The highest BCUT2D eigenvalue weighted by Gasteiger charge is 2.32. The van der Waals surface area contributed by atoms with Gasteiger partial charge in [-0.3, -0.25) is 19.2 Å². The third-order valence-electron chi connectivity index (χ3n) is 8.25. The summed E-state index contributed by atoms with van der Waals surface area (Å²) in [5.41, 5.74) is 2.76. The Labute approximate surface area is 269 Å². The number of carboxylic acids is 3. The van der Waals surface area contributed by atoms with E-state index in [2.05, 4.69) is 21.2 Å². The van der Waals surface area contributed by atoms with Gasteiger partial charge in [0.1, 0.15) is 17.9 Å². The lowest BCUT2D eigenvalue weighted by molar-refractivity contribution is -0.150. The van der Waals surface area contributed by atoms with Crippen molar-refractivity contribution in [1.82, 2.24) is 20.2 Å². The van der Waals surface area contributed by atoms with Crippen molar-refractivity contribution in [3.05, 3.63) is 69.3 Å². The minimum absolute atomic E-state index is 0.102. The van der Waals surface area contributed by atoms with Crippen molar-refractivity contribution in [2.45, 2.75) is 63.6 Å². The van der Waals surface area contributed by atoms with Crippen LogP contribution in [0.15, 0.2) is 41.2 Å². The lowest BCUT2D eigenvalue weighted by Gasteiger charge is -2.32. The predicted molar refractivity (Wildman–Crippen MR) is 170 cm³/mol. The first-order valence-electron chi connectivity index (χ1n) is 14.9. The van der Waals surface area contributed by atoms with Crippen LogP contribution in [0.3, 0.4) is 0 Å². The highest BCUT2D eigenvalue weighted by atomic mass is 16.4. The number of carbonyl (C=O) groups excluding carboxylic acids is 2. The van der Waals surface area contributed by atoms with Crippen molar-refractivity contribution in [1.29, 1.82) is 0 Å².